The molecule has 0 aromatic heterocycles. The molecule has 126 valence electrons. The second-order valence-corrected chi connectivity index (χ2v) is 5.74. The van der Waals surface area contributed by atoms with Crippen LogP contribution in [0, 0.1) is 5.82 Å². The van der Waals surface area contributed by atoms with Crippen molar-refractivity contribution in [3.63, 3.8) is 0 Å². The van der Waals surface area contributed by atoms with E-state index in [0.29, 0.717) is 5.56 Å². The van der Waals surface area contributed by atoms with E-state index < -0.39 is 23.5 Å². The zero-order valence-electron chi connectivity index (χ0n) is 13.8. The van der Waals surface area contributed by atoms with Gasteiger partial charge in [-0.2, -0.15) is 0 Å². The van der Waals surface area contributed by atoms with E-state index in [0.717, 1.165) is 0 Å². The average Bonchev–Trinajstić information content (AvgIpc) is 2.43. The Balaban J connectivity index is 2.62. The normalized spacial score (nSPS) is 11.3. The number of rotatable bonds is 5. The van der Waals surface area contributed by atoms with Crippen molar-refractivity contribution in [2.24, 2.45) is 0 Å². The molecule has 1 amide bonds. The Morgan fingerprint density at radius 2 is 2.00 bits per heavy atom. The van der Waals surface area contributed by atoms with Gasteiger partial charge < -0.3 is 14.8 Å². The summed E-state index contributed by atoms with van der Waals surface area (Å²) in [6.07, 6.45) is 2.82. The quantitative estimate of drug-likeness (QED) is 0.842. The summed E-state index contributed by atoms with van der Waals surface area (Å²) < 4.78 is 23.5. The van der Waals surface area contributed by atoms with E-state index in [1.165, 1.54) is 18.2 Å². The molecule has 0 saturated heterocycles. The number of carbonyl (C=O) groups is 2. The summed E-state index contributed by atoms with van der Waals surface area (Å²) >= 11 is 0. The Morgan fingerprint density at radius 1 is 1.30 bits per heavy atom. The first-order chi connectivity index (χ1) is 10.7. The minimum Gasteiger partial charge on any atom is -0.462 e. The number of carbonyl (C=O) groups excluding carboxylic acids is 2. The van der Waals surface area contributed by atoms with Crippen LogP contribution in [0.4, 0.5) is 9.18 Å². The highest BCUT2D eigenvalue weighted by Crippen LogP contribution is 2.13. The molecule has 1 rings (SSSR count). The molecule has 0 aliphatic rings. The van der Waals surface area contributed by atoms with Crippen LogP contribution in [0.3, 0.4) is 0 Å². The van der Waals surface area contributed by atoms with Gasteiger partial charge in [0.15, 0.2) is 0 Å². The second-order valence-electron chi connectivity index (χ2n) is 5.74. The van der Waals surface area contributed by atoms with Crippen molar-refractivity contribution in [2.45, 2.75) is 33.3 Å². The van der Waals surface area contributed by atoms with Gasteiger partial charge >= 0.3 is 12.1 Å². The fourth-order valence-corrected chi connectivity index (χ4v) is 1.66. The van der Waals surface area contributed by atoms with Crippen LogP contribution in [0.1, 0.15) is 43.6 Å². The first-order valence-corrected chi connectivity index (χ1v) is 7.33. The van der Waals surface area contributed by atoms with Crippen LogP contribution in [-0.2, 0) is 9.47 Å². The molecule has 0 aliphatic heterocycles. The van der Waals surface area contributed by atoms with Crippen molar-refractivity contribution in [1.29, 1.82) is 0 Å². The number of amides is 1. The van der Waals surface area contributed by atoms with Crippen molar-refractivity contribution < 1.29 is 23.5 Å². The minimum absolute atomic E-state index is 0.117. The van der Waals surface area contributed by atoms with Gasteiger partial charge in [-0.15, -0.1) is 0 Å². The molecule has 0 radical (unpaired) electrons. The van der Waals surface area contributed by atoms with Crippen molar-refractivity contribution in [2.75, 3.05) is 13.2 Å². The first kappa shape index (κ1) is 18.7. The standard InChI is InChI=1S/C17H22FNO4/c1-5-22-15(20)13-11-12(8-9-14(13)18)7-6-10-19-16(21)23-17(2,3)4/h6-9,11H,5,10H2,1-4H3,(H,19,21). The number of esters is 1. The van der Waals surface area contributed by atoms with E-state index >= 15 is 0 Å². The van der Waals surface area contributed by atoms with E-state index in [9.17, 15) is 14.0 Å². The molecule has 0 fully saturated rings. The van der Waals surface area contributed by atoms with E-state index in [1.54, 1.807) is 39.8 Å². The maximum absolute atomic E-state index is 13.6. The molecule has 1 N–H and O–H groups in total. The Hall–Kier alpha value is -2.37. The third kappa shape index (κ3) is 6.95. The SMILES string of the molecule is CCOC(=O)c1cc(C=CCNC(=O)OC(C)(C)C)ccc1F. The number of nitrogens with one attached hydrogen (secondary N) is 1. The highest BCUT2D eigenvalue weighted by atomic mass is 19.1. The Bertz CT molecular complexity index is 591. The highest BCUT2D eigenvalue weighted by Gasteiger charge is 2.15. The molecule has 23 heavy (non-hydrogen) atoms. The molecule has 0 saturated carbocycles. The first-order valence-electron chi connectivity index (χ1n) is 7.33. The number of ether oxygens (including phenoxy) is 2. The number of hydrogen-bond acceptors (Lipinski definition) is 4. The van der Waals surface area contributed by atoms with Gasteiger partial charge in [-0.3, -0.25) is 0 Å². The molecule has 1 aromatic carbocycles. The van der Waals surface area contributed by atoms with E-state index in [4.69, 9.17) is 9.47 Å². The molecular formula is C17H22FNO4. The Labute approximate surface area is 135 Å². The predicted octanol–water partition coefficient (Wildman–Crippen LogP) is 3.54. The smallest absolute Gasteiger partial charge is 0.407 e. The average molecular weight is 323 g/mol. The van der Waals surface area contributed by atoms with E-state index in [1.807, 2.05) is 0 Å². The van der Waals surface area contributed by atoms with Crippen molar-refractivity contribution in [3.8, 4) is 0 Å². The van der Waals surface area contributed by atoms with Gasteiger partial charge in [0.25, 0.3) is 0 Å². The molecular weight excluding hydrogens is 301 g/mol. The minimum atomic E-state index is -0.702. The second kappa shape index (κ2) is 8.31. The Kier molecular flexibility index (Phi) is 6.75. The van der Waals surface area contributed by atoms with Crippen LogP contribution in [0.2, 0.25) is 0 Å². The fourth-order valence-electron chi connectivity index (χ4n) is 1.66. The van der Waals surface area contributed by atoms with Crippen LogP contribution in [0.5, 0.6) is 0 Å². The molecule has 0 unspecified atom stereocenters. The van der Waals surface area contributed by atoms with Crippen LogP contribution in [0.25, 0.3) is 6.08 Å². The number of hydrogen-bond donors (Lipinski definition) is 1. The maximum Gasteiger partial charge on any atom is 0.407 e. The highest BCUT2D eigenvalue weighted by molar-refractivity contribution is 5.90. The van der Waals surface area contributed by atoms with Gasteiger partial charge in [0.2, 0.25) is 0 Å². The zero-order valence-corrected chi connectivity index (χ0v) is 13.8. The summed E-state index contributed by atoms with van der Waals surface area (Å²) in [6, 6.07) is 4.13. The topological polar surface area (TPSA) is 64.6 Å². The van der Waals surface area contributed by atoms with Crippen molar-refractivity contribution >= 4 is 18.1 Å². The van der Waals surface area contributed by atoms with Crippen LogP contribution < -0.4 is 5.32 Å². The van der Waals surface area contributed by atoms with E-state index in [2.05, 4.69) is 5.32 Å². The lowest BCUT2D eigenvalue weighted by atomic mass is 10.1. The molecule has 1 aromatic rings. The van der Waals surface area contributed by atoms with Crippen LogP contribution in [0.15, 0.2) is 24.3 Å². The predicted molar refractivity (Wildman–Crippen MR) is 85.6 cm³/mol. The molecule has 0 bridgehead atoms. The fraction of sp³-hybridized carbons (Fsp3) is 0.412. The third-order valence-electron chi connectivity index (χ3n) is 2.56. The van der Waals surface area contributed by atoms with Gasteiger partial charge in [-0.1, -0.05) is 18.2 Å². The molecule has 0 heterocycles. The molecule has 6 heteroatoms. The monoisotopic (exact) mass is 323 g/mol. The molecule has 0 aliphatic carbocycles. The lowest BCUT2D eigenvalue weighted by Gasteiger charge is -2.19. The van der Waals surface area contributed by atoms with Crippen molar-refractivity contribution in [1.82, 2.24) is 5.32 Å². The summed E-state index contributed by atoms with van der Waals surface area (Å²) in [4.78, 5) is 23.1. The molecule has 5 nitrogen and oxygen atoms in total. The molecule has 0 atom stereocenters. The summed E-state index contributed by atoms with van der Waals surface area (Å²) in [5.74, 6) is -1.33. The largest absolute Gasteiger partial charge is 0.462 e. The third-order valence-corrected chi connectivity index (χ3v) is 2.56. The number of alkyl carbamates (subject to hydrolysis) is 1. The van der Waals surface area contributed by atoms with Crippen molar-refractivity contribution in [3.05, 3.63) is 41.2 Å². The molecule has 0 spiro atoms. The van der Waals surface area contributed by atoms with Crippen LogP contribution in [-0.4, -0.2) is 30.8 Å². The summed E-state index contributed by atoms with van der Waals surface area (Å²) in [7, 11) is 0. The number of halogens is 1. The maximum atomic E-state index is 13.6. The summed E-state index contributed by atoms with van der Waals surface area (Å²) in [5, 5.41) is 2.56. The van der Waals surface area contributed by atoms with E-state index in [-0.39, 0.29) is 18.7 Å². The van der Waals surface area contributed by atoms with Gasteiger partial charge in [-0.05, 0) is 45.4 Å². The number of benzene rings is 1. The van der Waals surface area contributed by atoms with Gasteiger partial charge in [0, 0.05) is 6.54 Å². The van der Waals surface area contributed by atoms with Gasteiger partial charge in [0.1, 0.15) is 11.4 Å². The van der Waals surface area contributed by atoms with Gasteiger partial charge in [-0.25, -0.2) is 14.0 Å². The zero-order chi connectivity index (χ0) is 17.5. The summed E-state index contributed by atoms with van der Waals surface area (Å²) in [6.45, 7) is 7.41. The van der Waals surface area contributed by atoms with Gasteiger partial charge in [0.05, 0.1) is 12.2 Å². The summed E-state index contributed by atoms with van der Waals surface area (Å²) in [5.41, 5.74) is -0.0474. The Morgan fingerprint density at radius 3 is 2.61 bits per heavy atom. The van der Waals surface area contributed by atoms with Crippen LogP contribution >= 0.6 is 0 Å². The lowest BCUT2D eigenvalue weighted by Crippen LogP contribution is -2.32. The lowest BCUT2D eigenvalue weighted by molar-refractivity contribution is 0.0515.